The van der Waals surface area contributed by atoms with E-state index in [9.17, 15) is 9.46 Å². The predicted molar refractivity (Wildman–Crippen MR) is 77.0 cm³/mol. The van der Waals surface area contributed by atoms with Gasteiger partial charge in [-0.05, 0) is 18.5 Å². The number of hydrogen-bond acceptors (Lipinski definition) is 2. The molecule has 0 aliphatic carbocycles. The average Bonchev–Trinajstić information content (AvgIpc) is 2.30. The molecule has 0 spiro atoms. The van der Waals surface area contributed by atoms with Gasteiger partial charge in [0.05, 0.1) is 0 Å². The van der Waals surface area contributed by atoms with Crippen LogP contribution < -0.4 is 5.32 Å². The van der Waals surface area contributed by atoms with Crippen LogP contribution in [0.25, 0.3) is 0 Å². The SMILES string of the molecule is CCCC(C)CP(=O)(O)C(NC)c1ccccc1. The Hall–Kier alpha value is -0.630. The molecule has 1 aromatic rings. The van der Waals surface area contributed by atoms with E-state index in [0.29, 0.717) is 6.16 Å². The number of benzene rings is 1. The van der Waals surface area contributed by atoms with E-state index in [1.165, 1.54) is 0 Å². The lowest BCUT2D eigenvalue weighted by Crippen LogP contribution is -2.19. The van der Waals surface area contributed by atoms with Crippen LogP contribution in [0.5, 0.6) is 0 Å². The van der Waals surface area contributed by atoms with Crippen LogP contribution >= 0.6 is 7.37 Å². The van der Waals surface area contributed by atoms with Crippen LogP contribution in [0.15, 0.2) is 30.3 Å². The Labute approximate surface area is 110 Å². The summed E-state index contributed by atoms with van der Waals surface area (Å²) in [5, 5.41) is 2.99. The first kappa shape index (κ1) is 15.4. The van der Waals surface area contributed by atoms with Crippen LogP contribution in [-0.4, -0.2) is 18.1 Å². The molecule has 102 valence electrons. The molecule has 0 saturated carbocycles. The van der Waals surface area contributed by atoms with Crippen molar-refractivity contribution in [3.05, 3.63) is 35.9 Å². The molecule has 4 heteroatoms. The van der Waals surface area contributed by atoms with Gasteiger partial charge in [0.15, 0.2) is 0 Å². The van der Waals surface area contributed by atoms with Gasteiger partial charge in [-0.1, -0.05) is 57.0 Å². The van der Waals surface area contributed by atoms with E-state index < -0.39 is 13.2 Å². The van der Waals surface area contributed by atoms with Crippen LogP contribution in [0.2, 0.25) is 0 Å². The summed E-state index contributed by atoms with van der Waals surface area (Å²) in [6, 6.07) is 9.51. The van der Waals surface area contributed by atoms with Crippen molar-refractivity contribution in [2.75, 3.05) is 13.2 Å². The van der Waals surface area contributed by atoms with Gasteiger partial charge < -0.3 is 10.2 Å². The van der Waals surface area contributed by atoms with Gasteiger partial charge in [0.25, 0.3) is 0 Å². The zero-order valence-corrected chi connectivity index (χ0v) is 12.4. The molecule has 1 rings (SSSR count). The highest BCUT2D eigenvalue weighted by Crippen LogP contribution is 2.55. The molecule has 0 bridgehead atoms. The number of hydrogen-bond donors (Lipinski definition) is 2. The molecule has 3 atom stereocenters. The second-order valence-electron chi connectivity index (χ2n) is 4.93. The summed E-state index contributed by atoms with van der Waals surface area (Å²) in [5.41, 5.74) is 0.884. The Morgan fingerprint density at radius 2 is 1.94 bits per heavy atom. The summed E-state index contributed by atoms with van der Waals surface area (Å²) in [4.78, 5) is 10.3. The molecule has 2 N–H and O–H groups in total. The quantitative estimate of drug-likeness (QED) is 0.743. The predicted octanol–water partition coefficient (Wildman–Crippen LogP) is 3.61. The molecule has 3 nitrogen and oxygen atoms in total. The lowest BCUT2D eigenvalue weighted by atomic mass is 10.1. The van der Waals surface area contributed by atoms with Crippen LogP contribution in [0.1, 0.15) is 38.0 Å². The molecule has 18 heavy (non-hydrogen) atoms. The molecule has 3 unspecified atom stereocenters. The van der Waals surface area contributed by atoms with Gasteiger partial charge in [0.2, 0.25) is 7.37 Å². The van der Waals surface area contributed by atoms with E-state index in [2.05, 4.69) is 12.2 Å². The van der Waals surface area contributed by atoms with E-state index in [0.717, 1.165) is 18.4 Å². The molecule has 0 amide bonds. The molecule has 0 aliphatic heterocycles. The minimum Gasteiger partial charge on any atom is -0.343 e. The highest BCUT2D eigenvalue weighted by molar-refractivity contribution is 7.58. The largest absolute Gasteiger partial charge is 0.343 e. The maximum Gasteiger partial charge on any atom is 0.221 e. The third-order valence-corrected chi connectivity index (χ3v) is 5.66. The van der Waals surface area contributed by atoms with Crippen molar-refractivity contribution in [2.45, 2.75) is 32.5 Å². The lowest BCUT2D eigenvalue weighted by Gasteiger charge is -2.25. The Kier molecular flexibility index (Phi) is 6.07. The molecule has 1 aromatic carbocycles. The third kappa shape index (κ3) is 4.24. The summed E-state index contributed by atoms with van der Waals surface area (Å²) in [7, 11) is -1.48. The second-order valence-corrected chi connectivity index (χ2v) is 7.33. The van der Waals surface area contributed by atoms with Crippen molar-refractivity contribution in [1.29, 1.82) is 0 Å². The first-order chi connectivity index (χ1) is 8.51. The molecule has 0 heterocycles. The van der Waals surface area contributed by atoms with Crippen molar-refractivity contribution in [1.82, 2.24) is 5.32 Å². The molecule has 0 fully saturated rings. The van der Waals surface area contributed by atoms with Crippen LogP contribution in [0.3, 0.4) is 0 Å². The van der Waals surface area contributed by atoms with Gasteiger partial charge in [-0.2, -0.15) is 0 Å². The zero-order chi connectivity index (χ0) is 13.6. The van der Waals surface area contributed by atoms with Gasteiger partial charge in [-0.25, -0.2) is 0 Å². The summed E-state index contributed by atoms with van der Waals surface area (Å²) >= 11 is 0. The first-order valence-corrected chi connectivity index (χ1v) is 8.46. The number of nitrogens with one attached hydrogen (secondary N) is 1. The fraction of sp³-hybridized carbons (Fsp3) is 0.571. The summed E-state index contributed by atoms with van der Waals surface area (Å²) in [6.07, 6.45) is 2.42. The second kappa shape index (κ2) is 7.08. The Morgan fingerprint density at radius 1 is 1.33 bits per heavy atom. The van der Waals surface area contributed by atoms with Crippen molar-refractivity contribution in [3.8, 4) is 0 Å². The van der Waals surface area contributed by atoms with E-state index in [1.54, 1.807) is 7.05 Å². The van der Waals surface area contributed by atoms with Crippen molar-refractivity contribution < 1.29 is 9.46 Å². The maximum absolute atomic E-state index is 12.5. The molecule has 0 saturated heterocycles. The topological polar surface area (TPSA) is 49.3 Å². The fourth-order valence-electron chi connectivity index (χ4n) is 2.37. The standard InChI is InChI=1S/C14H24NO2P/c1-4-8-12(2)11-18(16,17)14(15-3)13-9-6-5-7-10-13/h5-7,9-10,12,14-15H,4,8,11H2,1-3H3,(H,16,17). The normalized spacial score (nSPS) is 18.0. The minimum absolute atomic E-state index is 0.283. The molecule has 0 aliphatic rings. The monoisotopic (exact) mass is 269 g/mol. The summed E-state index contributed by atoms with van der Waals surface area (Å²) in [6.45, 7) is 4.15. The minimum atomic E-state index is -3.22. The van der Waals surface area contributed by atoms with Gasteiger partial charge >= 0.3 is 0 Å². The first-order valence-electron chi connectivity index (χ1n) is 6.55. The lowest BCUT2D eigenvalue weighted by molar-refractivity contribution is 0.437. The van der Waals surface area contributed by atoms with Gasteiger partial charge in [-0.3, -0.25) is 4.57 Å². The highest BCUT2D eigenvalue weighted by Gasteiger charge is 2.32. The maximum atomic E-state index is 12.5. The third-order valence-electron chi connectivity index (χ3n) is 3.15. The zero-order valence-electron chi connectivity index (χ0n) is 11.5. The molecular formula is C14H24NO2P. The Bertz CT molecular complexity index is 394. The fourth-order valence-corrected chi connectivity index (χ4v) is 4.70. The van der Waals surface area contributed by atoms with Crippen LogP contribution in [0, 0.1) is 5.92 Å². The van der Waals surface area contributed by atoms with Gasteiger partial charge in [-0.15, -0.1) is 0 Å². The van der Waals surface area contributed by atoms with E-state index >= 15 is 0 Å². The van der Waals surface area contributed by atoms with E-state index in [1.807, 2.05) is 37.3 Å². The average molecular weight is 269 g/mol. The summed E-state index contributed by atoms with van der Waals surface area (Å²) < 4.78 is 12.5. The van der Waals surface area contributed by atoms with Crippen LogP contribution in [-0.2, 0) is 4.57 Å². The van der Waals surface area contributed by atoms with Gasteiger partial charge in [0, 0.05) is 6.16 Å². The van der Waals surface area contributed by atoms with Crippen molar-refractivity contribution >= 4 is 7.37 Å². The molecule has 0 radical (unpaired) electrons. The smallest absolute Gasteiger partial charge is 0.221 e. The summed E-state index contributed by atoms with van der Waals surface area (Å²) in [5.74, 6) is -0.177. The molecule has 0 aromatic heterocycles. The van der Waals surface area contributed by atoms with E-state index in [-0.39, 0.29) is 5.92 Å². The molecular weight excluding hydrogens is 245 g/mol. The Morgan fingerprint density at radius 3 is 2.44 bits per heavy atom. The van der Waals surface area contributed by atoms with Crippen molar-refractivity contribution in [3.63, 3.8) is 0 Å². The number of rotatable bonds is 7. The van der Waals surface area contributed by atoms with E-state index in [4.69, 9.17) is 0 Å². The van der Waals surface area contributed by atoms with Crippen LogP contribution in [0.4, 0.5) is 0 Å². The highest BCUT2D eigenvalue weighted by atomic mass is 31.2. The van der Waals surface area contributed by atoms with Gasteiger partial charge in [0.1, 0.15) is 5.78 Å². The Balaban J connectivity index is 2.84. The van der Waals surface area contributed by atoms with Crippen molar-refractivity contribution in [2.24, 2.45) is 5.92 Å².